The number of anilines is 1. The molecule has 0 radical (unpaired) electrons. The zero-order valence-electron chi connectivity index (χ0n) is 17.2. The highest BCUT2D eigenvalue weighted by molar-refractivity contribution is 5.99. The third-order valence-corrected chi connectivity index (χ3v) is 4.20. The molecule has 0 atom stereocenters. The van der Waals surface area contributed by atoms with Crippen LogP contribution in [0.15, 0.2) is 42.5 Å². The van der Waals surface area contributed by atoms with Gasteiger partial charge in [-0.3, -0.25) is 9.59 Å². The van der Waals surface area contributed by atoms with Crippen molar-refractivity contribution in [2.24, 2.45) is 5.92 Å². The minimum Gasteiger partial charge on any atom is -0.493 e. The standard InChI is InChI=1S/C22H27FN2O4/c1-15(2)10-11-29-19-9-8-16(12-20(19)28-4)22(27)25(3)14-21(26)24-18-7-5-6-17(23)13-18/h5-9,12-13,15H,10-11,14H2,1-4H3,(H,24,26). The number of likely N-dealkylation sites (N-methyl/N-ethyl adjacent to an activating group) is 1. The summed E-state index contributed by atoms with van der Waals surface area (Å²) in [5.74, 6) is 0.330. The van der Waals surface area contributed by atoms with Gasteiger partial charge in [-0.2, -0.15) is 0 Å². The van der Waals surface area contributed by atoms with Gasteiger partial charge in [0.1, 0.15) is 5.82 Å². The summed E-state index contributed by atoms with van der Waals surface area (Å²) in [6, 6.07) is 10.5. The molecule has 7 heteroatoms. The van der Waals surface area contributed by atoms with E-state index >= 15 is 0 Å². The first-order chi connectivity index (χ1) is 13.8. The highest BCUT2D eigenvalue weighted by Crippen LogP contribution is 2.29. The summed E-state index contributed by atoms with van der Waals surface area (Å²) >= 11 is 0. The average molecular weight is 402 g/mol. The Balaban J connectivity index is 1.99. The van der Waals surface area contributed by atoms with Crippen LogP contribution in [0.3, 0.4) is 0 Å². The second-order valence-electron chi connectivity index (χ2n) is 7.12. The Hall–Kier alpha value is -3.09. The van der Waals surface area contributed by atoms with Crippen molar-refractivity contribution >= 4 is 17.5 Å². The van der Waals surface area contributed by atoms with Crippen molar-refractivity contribution < 1.29 is 23.5 Å². The molecule has 156 valence electrons. The van der Waals surface area contributed by atoms with Gasteiger partial charge in [-0.15, -0.1) is 0 Å². The van der Waals surface area contributed by atoms with Crippen molar-refractivity contribution in [1.82, 2.24) is 4.90 Å². The van der Waals surface area contributed by atoms with Crippen LogP contribution in [-0.2, 0) is 4.79 Å². The highest BCUT2D eigenvalue weighted by Gasteiger charge is 2.17. The molecule has 0 aromatic heterocycles. The molecule has 0 aliphatic rings. The first-order valence-corrected chi connectivity index (χ1v) is 9.42. The van der Waals surface area contributed by atoms with Gasteiger partial charge in [-0.05, 0) is 48.7 Å². The summed E-state index contributed by atoms with van der Waals surface area (Å²) in [6.07, 6.45) is 0.910. The lowest BCUT2D eigenvalue weighted by atomic mass is 10.1. The molecule has 0 unspecified atom stereocenters. The lowest BCUT2D eigenvalue weighted by Gasteiger charge is -2.18. The summed E-state index contributed by atoms with van der Waals surface area (Å²) < 4.78 is 24.3. The van der Waals surface area contributed by atoms with Crippen molar-refractivity contribution in [2.45, 2.75) is 20.3 Å². The van der Waals surface area contributed by atoms with Gasteiger partial charge in [-0.1, -0.05) is 19.9 Å². The number of methoxy groups -OCH3 is 1. The van der Waals surface area contributed by atoms with Gasteiger partial charge in [0.05, 0.1) is 20.3 Å². The van der Waals surface area contributed by atoms with Crippen LogP contribution in [0, 0.1) is 11.7 Å². The average Bonchev–Trinajstić information content (AvgIpc) is 2.67. The van der Waals surface area contributed by atoms with E-state index in [0.29, 0.717) is 35.3 Å². The molecular formula is C22H27FN2O4. The number of halogens is 1. The van der Waals surface area contributed by atoms with E-state index in [0.717, 1.165) is 6.42 Å². The molecular weight excluding hydrogens is 375 g/mol. The normalized spacial score (nSPS) is 10.6. The Morgan fingerprint density at radius 1 is 1.14 bits per heavy atom. The van der Waals surface area contributed by atoms with Gasteiger partial charge in [0.25, 0.3) is 5.91 Å². The Morgan fingerprint density at radius 3 is 2.55 bits per heavy atom. The Morgan fingerprint density at radius 2 is 1.90 bits per heavy atom. The molecule has 2 aromatic rings. The van der Waals surface area contributed by atoms with Gasteiger partial charge < -0.3 is 19.7 Å². The molecule has 0 fully saturated rings. The zero-order chi connectivity index (χ0) is 21.4. The third kappa shape index (κ3) is 6.78. The minimum absolute atomic E-state index is 0.176. The van der Waals surface area contributed by atoms with Crippen LogP contribution in [-0.4, -0.2) is 44.0 Å². The zero-order valence-corrected chi connectivity index (χ0v) is 17.2. The predicted octanol–water partition coefficient (Wildman–Crippen LogP) is 3.97. The molecule has 0 aliphatic carbocycles. The molecule has 2 aromatic carbocycles. The molecule has 2 rings (SSSR count). The lowest BCUT2D eigenvalue weighted by molar-refractivity contribution is -0.116. The van der Waals surface area contributed by atoms with E-state index in [1.54, 1.807) is 24.3 Å². The van der Waals surface area contributed by atoms with Gasteiger partial charge in [0.2, 0.25) is 5.91 Å². The van der Waals surface area contributed by atoms with E-state index in [1.165, 1.54) is 37.3 Å². The number of nitrogens with zero attached hydrogens (tertiary/aromatic N) is 1. The van der Waals surface area contributed by atoms with E-state index in [1.807, 2.05) is 0 Å². The van der Waals surface area contributed by atoms with Crippen molar-refractivity contribution in [1.29, 1.82) is 0 Å². The molecule has 0 bridgehead atoms. The monoisotopic (exact) mass is 402 g/mol. The molecule has 29 heavy (non-hydrogen) atoms. The van der Waals surface area contributed by atoms with Crippen LogP contribution in [0.2, 0.25) is 0 Å². The number of carbonyl (C=O) groups is 2. The summed E-state index contributed by atoms with van der Waals surface area (Å²) in [7, 11) is 3.03. The highest BCUT2D eigenvalue weighted by atomic mass is 19.1. The summed E-state index contributed by atoms with van der Waals surface area (Å²) in [4.78, 5) is 26.1. The van der Waals surface area contributed by atoms with Crippen LogP contribution in [0.5, 0.6) is 11.5 Å². The van der Waals surface area contributed by atoms with E-state index in [9.17, 15) is 14.0 Å². The van der Waals surface area contributed by atoms with Crippen LogP contribution < -0.4 is 14.8 Å². The minimum atomic E-state index is -0.449. The second-order valence-corrected chi connectivity index (χ2v) is 7.12. The summed E-state index contributed by atoms with van der Waals surface area (Å²) in [5.41, 5.74) is 0.708. The van der Waals surface area contributed by atoms with Crippen molar-refractivity contribution in [2.75, 3.05) is 32.6 Å². The fourth-order valence-corrected chi connectivity index (χ4v) is 2.60. The molecule has 6 nitrogen and oxygen atoms in total. The topological polar surface area (TPSA) is 67.9 Å². The van der Waals surface area contributed by atoms with Crippen LogP contribution >= 0.6 is 0 Å². The number of nitrogens with one attached hydrogen (secondary N) is 1. The molecule has 0 spiro atoms. The first kappa shape index (κ1) is 22.2. The maximum atomic E-state index is 13.2. The molecule has 0 saturated heterocycles. The van der Waals surface area contributed by atoms with Crippen LogP contribution in [0.25, 0.3) is 0 Å². The predicted molar refractivity (Wildman–Crippen MR) is 110 cm³/mol. The number of ether oxygens (including phenoxy) is 2. The van der Waals surface area contributed by atoms with Gasteiger partial charge >= 0.3 is 0 Å². The van der Waals surface area contributed by atoms with Crippen LogP contribution in [0.4, 0.5) is 10.1 Å². The summed E-state index contributed by atoms with van der Waals surface area (Å²) in [6.45, 7) is 4.61. The fraction of sp³-hybridized carbons (Fsp3) is 0.364. The molecule has 2 amide bonds. The number of benzene rings is 2. The van der Waals surface area contributed by atoms with Crippen molar-refractivity contribution in [3.05, 3.63) is 53.8 Å². The summed E-state index contributed by atoms with van der Waals surface area (Å²) in [5, 5.41) is 2.57. The van der Waals surface area contributed by atoms with Gasteiger partial charge in [0.15, 0.2) is 11.5 Å². The Bertz CT molecular complexity index is 854. The Labute approximate surface area is 170 Å². The SMILES string of the molecule is COc1cc(C(=O)N(C)CC(=O)Nc2cccc(F)c2)ccc1OCCC(C)C. The second kappa shape index (κ2) is 10.5. The largest absolute Gasteiger partial charge is 0.493 e. The maximum Gasteiger partial charge on any atom is 0.254 e. The number of hydrogen-bond acceptors (Lipinski definition) is 4. The molecule has 0 heterocycles. The van der Waals surface area contributed by atoms with Gasteiger partial charge in [0, 0.05) is 18.3 Å². The lowest BCUT2D eigenvalue weighted by Crippen LogP contribution is -2.34. The molecule has 1 N–H and O–H groups in total. The number of rotatable bonds is 9. The fourth-order valence-electron chi connectivity index (χ4n) is 2.60. The van der Waals surface area contributed by atoms with Gasteiger partial charge in [-0.25, -0.2) is 4.39 Å². The van der Waals surface area contributed by atoms with E-state index in [4.69, 9.17) is 9.47 Å². The Kier molecular flexibility index (Phi) is 8.00. The third-order valence-electron chi connectivity index (χ3n) is 4.20. The molecule has 0 aliphatic heterocycles. The quantitative estimate of drug-likeness (QED) is 0.689. The van der Waals surface area contributed by atoms with Crippen molar-refractivity contribution in [3.63, 3.8) is 0 Å². The smallest absolute Gasteiger partial charge is 0.254 e. The van der Waals surface area contributed by atoms with E-state index < -0.39 is 11.7 Å². The van der Waals surface area contributed by atoms with E-state index in [2.05, 4.69) is 19.2 Å². The number of amides is 2. The molecule has 0 saturated carbocycles. The number of carbonyl (C=O) groups excluding carboxylic acids is 2. The maximum absolute atomic E-state index is 13.2. The number of hydrogen-bond donors (Lipinski definition) is 1. The van der Waals surface area contributed by atoms with Crippen molar-refractivity contribution in [3.8, 4) is 11.5 Å². The van der Waals surface area contributed by atoms with E-state index in [-0.39, 0.29) is 12.5 Å². The van der Waals surface area contributed by atoms with Crippen LogP contribution in [0.1, 0.15) is 30.6 Å². The first-order valence-electron chi connectivity index (χ1n) is 9.42.